The fourth-order valence-corrected chi connectivity index (χ4v) is 3.23. The Morgan fingerprint density at radius 3 is 2.52 bits per heavy atom. The van der Waals surface area contributed by atoms with E-state index in [1.807, 2.05) is 0 Å². The Morgan fingerprint density at radius 2 is 1.79 bits per heavy atom. The van der Waals surface area contributed by atoms with Crippen LogP contribution in [0.3, 0.4) is 0 Å². The number of hydrogen-bond acceptors (Lipinski definition) is 5. The van der Waals surface area contributed by atoms with Crippen molar-refractivity contribution in [2.45, 2.75) is 6.18 Å². The number of hydrogen-bond donors (Lipinski definition) is 3. The second-order valence-electron chi connectivity index (χ2n) is 7.00. The van der Waals surface area contributed by atoms with Crippen LogP contribution < -0.4 is 26.5 Å². The zero-order valence-electron chi connectivity index (χ0n) is 16.9. The molecule has 0 saturated carbocycles. The van der Waals surface area contributed by atoms with Gasteiger partial charge in [-0.05, 0) is 36.4 Å². The van der Waals surface area contributed by atoms with Crippen LogP contribution in [-0.2, 0) is 11.0 Å². The van der Waals surface area contributed by atoms with E-state index in [-0.39, 0.29) is 17.1 Å². The third-order valence-electron chi connectivity index (χ3n) is 4.74. The lowest BCUT2D eigenvalue weighted by molar-refractivity contribution is -0.137. The first kappa shape index (κ1) is 21.9. The minimum absolute atomic E-state index is 0.0225. The van der Waals surface area contributed by atoms with Gasteiger partial charge in [-0.3, -0.25) is 9.59 Å². The van der Waals surface area contributed by atoms with Gasteiger partial charge in [0.1, 0.15) is 11.6 Å². The highest BCUT2D eigenvalue weighted by Crippen LogP contribution is 2.37. The smallest absolute Gasteiger partial charge is 0.355 e. The predicted octanol–water partition coefficient (Wildman–Crippen LogP) is 3.03. The van der Waals surface area contributed by atoms with E-state index in [0.717, 1.165) is 18.2 Å². The molecule has 0 bridgehead atoms. The van der Waals surface area contributed by atoms with Crippen molar-refractivity contribution in [2.75, 3.05) is 17.7 Å². The first-order valence-electron chi connectivity index (χ1n) is 9.51. The monoisotopic (exact) mass is 457 g/mol. The van der Waals surface area contributed by atoms with E-state index in [2.05, 4.69) is 25.9 Å². The Labute approximate surface area is 183 Å². The van der Waals surface area contributed by atoms with Crippen molar-refractivity contribution in [3.8, 4) is 0 Å². The molecule has 33 heavy (non-hydrogen) atoms. The van der Waals surface area contributed by atoms with Crippen molar-refractivity contribution < 1.29 is 27.2 Å². The van der Waals surface area contributed by atoms with Crippen LogP contribution in [0.25, 0.3) is 6.08 Å². The standard InChI is InChI=1S/C22H15F4N5O2/c1-27-21(33)14-8-12(23)2-4-17(14)30-18-9-19(28-10-15(18)22(24,25)26)29-13-3-5-16-11(6-13)7-20(32)31-16/h2-10H,1H3,(H,27,33)(H2,28,29,30). The summed E-state index contributed by atoms with van der Waals surface area (Å²) in [5.74, 6) is -1.72. The van der Waals surface area contributed by atoms with Crippen LogP contribution >= 0.6 is 0 Å². The van der Waals surface area contributed by atoms with E-state index in [4.69, 9.17) is 0 Å². The second-order valence-corrected chi connectivity index (χ2v) is 7.00. The average molecular weight is 457 g/mol. The van der Waals surface area contributed by atoms with Gasteiger partial charge < -0.3 is 16.0 Å². The van der Waals surface area contributed by atoms with Crippen LogP contribution in [0.2, 0.25) is 0 Å². The molecule has 2 amide bonds. The van der Waals surface area contributed by atoms with E-state index in [1.54, 1.807) is 18.2 Å². The molecule has 0 atom stereocenters. The van der Waals surface area contributed by atoms with Gasteiger partial charge in [0.2, 0.25) is 0 Å². The van der Waals surface area contributed by atoms with Gasteiger partial charge in [-0.2, -0.15) is 13.2 Å². The quantitative estimate of drug-likeness (QED) is 0.512. The third-order valence-corrected chi connectivity index (χ3v) is 4.74. The Morgan fingerprint density at radius 1 is 1.00 bits per heavy atom. The van der Waals surface area contributed by atoms with Crippen molar-refractivity contribution in [3.05, 3.63) is 76.2 Å². The number of anilines is 4. The molecule has 0 unspecified atom stereocenters. The van der Waals surface area contributed by atoms with Gasteiger partial charge in [-0.1, -0.05) is 0 Å². The van der Waals surface area contributed by atoms with E-state index in [9.17, 15) is 27.2 Å². The number of benzene rings is 2. The highest BCUT2D eigenvalue weighted by Gasteiger charge is 2.34. The topological polar surface area (TPSA) is 95.5 Å². The SMILES string of the molecule is CNC(=O)c1cc(F)ccc1Nc1cc(Nc2ccc3c(c2)=CC(=O)N=3)ncc1C(F)(F)F. The summed E-state index contributed by atoms with van der Waals surface area (Å²) in [4.78, 5) is 31.1. The molecule has 11 heteroatoms. The number of fused-ring (bicyclic) bond motifs is 1. The van der Waals surface area contributed by atoms with Crippen LogP contribution in [0.4, 0.5) is 40.4 Å². The number of carbonyl (C=O) groups excluding carboxylic acids is 2. The molecule has 7 nitrogen and oxygen atoms in total. The summed E-state index contributed by atoms with van der Waals surface area (Å²) < 4.78 is 54.4. The van der Waals surface area contributed by atoms with E-state index in [1.165, 1.54) is 19.2 Å². The lowest BCUT2D eigenvalue weighted by Crippen LogP contribution is -2.21. The van der Waals surface area contributed by atoms with Gasteiger partial charge >= 0.3 is 6.18 Å². The van der Waals surface area contributed by atoms with Gasteiger partial charge in [0.05, 0.1) is 27.9 Å². The molecular weight excluding hydrogens is 442 g/mol. The molecular formula is C22H15F4N5O2. The summed E-state index contributed by atoms with van der Waals surface area (Å²) in [6.07, 6.45) is -2.76. The van der Waals surface area contributed by atoms with Gasteiger partial charge in [0.15, 0.2) is 0 Å². The van der Waals surface area contributed by atoms with E-state index < -0.39 is 35.1 Å². The number of pyridine rings is 1. The maximum Gasteiger partial charge on any atom is 0.419 e. The molecule has 3 N–H and O–H groups in total. The first-order valence-corrected chi connectivity index (χ1v) is 9.51. The van der Waals surface area contributed by atoms with Gasteiger partial charge in [-0.25, -0.2) is 14.4 Å². The van der Waals surface area contributed by atoms with Crippen molar-refractivity contribution in [3.63, 3.8) is 0 Å². The number of amides is 2. The second kappa shape index (κ2) is 8.34. The predicted molar refractivity (Wildman–Crippen MR) is 112 cm³/mol. The fourth-order valence-electron chi connectivity index (χ4n) is 3.23. The third kappa shape index (κ3) is 4.66. The molecule has 4 rings (SSSR count). The van der Waals surface area contributed by atoms with Gasteiger partial charge in [0.25, 0.3) is 11.8 Å². The molecule has 1 aliphatic rings. The van der Waals surface area contributed by atoms with Crippen LogP contribution in [0.1, 0.15) is 15.9 Å². The molecule has 0 saturated heterocycles. The highest BCUT2D eigenvalue weighted by molar-refractivity contribution is 6.06. The molecule has 1 aromatic heterocycles. The molecule has 2 aromatic carbocycles. The first-order chi connectivity index (χ1) is 15.6. The van der Waals surface area contributed by atoms with E-state index in [0.29, 0.717) is 22.5 Å². The lowest BCUT2D eigenvalue weighted by atomic mass is 10.1. The van der Waals surface area contributed by atoms with Crippen molar-refractivity contribution in [1.82, 2.24) is 10.3 Å². The summed E-state index contributed by atoms with van der Waals surface area (Å²) in [6, 6.07) is 9.04. The van der Waals surface area contributed by atoms with Crippen LogP contribution in [0.5, 0.6) is 0 Å². The minimum atomic E-state index is -4.74. The molecule has 2 heterocycles. The molecule has 168 valence electrons. The van der Waals surface area contributed by atoms with Crippen LogP contribution in [0.15, 0.2) is 53.7 Å². The number of nitrogens with zero attached hydrogens (tertiary/aromatic N) is 2. The number of carbonyl (C=O) groups is 2. The summed E-state index contributed by atoms with van der Waals surface area (Å²) >= 11 is 0. The van der Waals surface area contributed by atoms with Crippen molar-refractivity contribution in [2.24, 2.45) is 4.99 Å². The Balaban J connectivity index is 1.73. The molecule has 0 spiro atoms. The lowest BCUT2D eigenvalue weighted by Gasteiger charge is -2.17. The number of alkyl halides is 3. The van der Waals surface area contributed by atoms with Crippen molar-refractivity contribution in [1.29, 1.82) is 0 Å². The highest BCUT2D eigenvalue weighted by atomic mass is 19.4. The Kier molecular flexibility index (Phi) is 5.54. The Hall–Kier alpha value is -4.28. The van der Waals surface area contributed by atoms with Crippen LogP contribution in [0, 0.1) is 5.82 Å². The molecule has 1 aliphatic heterocycles. The number of aromatic nitrogens is 1. The maximum absolute atomic E-state index is 13.6. The molecule has 3 aromatic rings. The summed E-state index contributed by atoms with van der Waals surface area (Å²) in [5.41, 5.74) is -1.19. The number of halogens is 4. The largest absolute Gasteiger partial charge is 0.419 e. The zero-order valence-corrected chi connectivity index (χ0v) is 16.9. The normalized spacial score (nSPS) is 12.5. The average Bonchev–Trinajstić information content (AvgIpc) is 3.13. The number of nitrogens with one attached hydrogen (secondary N) is 3. The molecule has 0 aliphatic carbocycles. The fraction of sp³-hybridized carbons (Fsp3) is 0.0909. The molecule has 0 radical (unpaired) electrons. The van der Waals surface area contributed by atoms with Gasteiger partial charge in [0, 0.05) is 36.3 Å². The maximum atomic E-state index is 13.6. The summed E-state index contributed by atoms with van der Waals surface area (Å²) in [6.45, 7) is 0. The van der Waals surface area contributed by atoms with Crippen LogP contribution in [-0.4, -0.2) is 23.8 Å². The minimum Gasteiger partial charge on any atom is -0.355 e. The Bertz CT molecular complexity index is 1400. The molecule has 0 fully saturated rings. The summed E-state index contributed by atoms with van der Waals surface area (Å²) in [7, 11) is 1.32. The van der Waals surface area contributed by atoms with E-state index >= 15 is 0 Å². The van der Waals surface area contributed by atoms with Gasteiger partial charge in [-0.15, -0.1) is 0 Å². The number of rotatable bonds is 5. The zero-order chi connectivity index (χ0) is 23.8. The summed E-state index contributed by atoms with van der Waals surface area (Å²) in [5, 5.41) is 8.83. The van der Waals surface area contributed by atoms with Crippen molar-refractivity contribution >= 4 is 40.8 Å².